The highest BCUT2D eigenvalue weighted by atomic mass is 32.1. The molecule has 0 radical (unpaired) electrons. The summed E-state index contributed by atoms with van der Waals surface area (Å²) in [6.07, 6.45) is 0.380. The van der Waals surface area contributed by atoms with Crippen molar-refractivity contribution in [3.05, 3.63) is 35.1 Å². The molecule has 1 aromatic carbocycles. The van der Waals surface area contributed by atoms with Crippen LogP contribution < -0.4 is 5.73 Å². The number of carbonyl (C=O) groups is 2. The first-order chi connectivity index (χ1) is 8.49. The van der Waals surface area contributed by atoms with Gasteiger partial charge in [-0.15, -0.1) is 0 Å². The number of hydrogen-bond donors (Lipinski definition) is 1. The summed E-state index contributed by atoms with van der Waals surface area (Å²) in [6.45, 7) is -0.0695. The normalized spacial score (nSPS) is 15.3. The molecule has 1 aliphatic heterocycles. The Morgan fingerprint density at radius 3 is 2.50 bits per heavy atom. The smallest absolute Gasteiger partial charge is 0.229 e. The van der Waals surface area contributed by atoms with Gasteiger partial charge in [0.15, 0.2) is 0 Å². The lowest BCUT2D eigenvalue weighted by atomic mass is 10.1. The van der Waals surface area contributed by atoms with Crippen LogP contribution in [0.1, 0.15) is 24.0 Å². The molecule has 1 aromatic rings. The van der Waals surface area contributed by atoms with E-state index in [9.17, 15) is 14.0 Å². The molecule has 0 aromatic heterocycles. The van der Waals surface area contributed by atoms with Crippen LogP contribution in [0.4, 0.5) is 4.39 Å². The number of carbonyl (C=O) groups excluding carboxylic acids is 2. The van der Waals surface area contributed by atoms with E-state index in [1.807, 2.05) is 0 Å². The lowest BCUT2D eigenvalue weighted by Crippen LogP contribution is -2.29. The fourth-order valence-corrected chi connectivity index (χ4v) is 1.95. The molecule has 2 rings (SSSR count). The van der Waals surface area contributed by atoms with E-state index in [2.05, 4.69) is 0 Å². The minimum absolute atomic E-state index is 0.0695. The van der Waals surface area contributed by atoms with Crippen LogP contribution in [0.25, 0.3) is 0 Å². The molecule has 2 amide bonds. The predicted molar refractivity (Wildman–Crippen MR) is 67.1 cm³/mol. The highest BCUT2D eigenvalue weighted by molar-refractivity contribution is 7.80. The lowest BCUT2D eigenvalue weighted by molar-refractivity contribution is -0.139. The second-order valence-corrected chi connectivity index (χ2v) is 4.48. The maximum absolute atomic E-state index is 13.6. The van der Waals surface area contributed by atoms with Crippen LogP contribution in [0.15, 0.2) is 18.2 Å². The third kappa shape index (κ3) is 2.38. The van der Waals surface area contributed by atoms with E-state index in [4.69, 9.17) is 18.0 Å². The van der Waals surface area contributed by atoms with E-state index in [0.29, 0.717) is 5.56 Å². The van der Waals surface area contributed by atoms with Crippen LogP contribution in [-0.2, 0) is 16.1 Å². The first-order valence-electron chi connectivity index (χ1n) is 5.40. The monoisotopic (exact) mass is 266 g/mol. The molecule has 1 heterocycles. The van der Waals surface area contributed by atoms with Crippen molar-refractivity contribution in [3.63, 3.8) is 0 Å². The average molecular weight is 266 g/mol. The van der Waals surface area contributed by atoms with E-state index in [0.717, 1.165) is 4.90 Å². The van der Waals surface area contributed by atoms with Crippen molar-refractivity contribution in [2.75, 3.05) is 0 Å². The Morgan fingerprint density at radius 1 is 1.33 bits per heavy atom. The van der Waals surface area contributed by atoms with E-state index < -0.39 is 5.82 Å². The highest BCUT2D eigenvalue weighted by Gasteiger charge is 2.29. The number of imide groups is 1. The summed E-state index contributed by atoms with van der Waals surface area (Å²) in [6, 6.07) is 4.17. The minimum Gasteiger partial charge on any atom is -0.389 e. The van der Waals surface area contributed by atoms with E-state index in [-0.39, 0.29) is 41.8 Å². The number of nitrogens with two attached hydrogens (primary N) is 1. The molecular formula is C12H11FN2O2S. The highest BCUT2D eigenvalue weighted by Crippen LogP contribution is 2.18. The Morgan fingerprint density at radius 2 is 1.94 bits per heavy atom. The van der Waals surface area contributed by atoms with Gasteiger partial charge in [0.1, 0.15) is 10.8 Å². The predicted octanol–water partition coefficient (Wildman–Crippen LogP) is 1.11. The van der Waals surface area contributed by atoms with Crippen LogP contribution in [0.2, 0.25) is 0 Å². The minimum atomic E-state index is -0.484. The molecule has 1 fully saturated rings. The number of rotatable bonds is 3. The molecular weight excluding hydrogens is 255 g/mol. The number of amides is 2. The van der Waals surface area contributed by atoms with Crippen LogP contribution in [0.3, 0.4) is 0 Å². The summed E-state index contributed by atoms with van der Waals surface area (Å²) in [5.41, 5.74) is 6.21. The van der Waals surface area contributed by atoms with Gasteiger partial charge in [0.25, 0.3) is 0 Å². The topological polar surface area (TPSA) is 63.4 Å². The first kappa shape index (κ1) is 12.6. The molecule has 0 bridgehead atoms. The SMILES string of the molecule is NC(=S)c1ccc(F)c(CN2C(=O)CCC2=O)c1. The van der Waals surface area contributed by atoms with Gasteiger partial charge in [-0.1, -0.05) is 12.2 Å². The molecule has 0 aliphatic carbocycles. The number of hydrogen-bond acceptors (Lipinski definition) is 3. The first-order valence-corrected chi connectivity index (χ1v) is 5.81. The van der Waals surface area contributed by atoms with Crippen LogP contribution in [0.5, 0.6) is 0 Å². The van der Waals surface area contributed by atoms with Crippen molar-refractivity contribution < 1.29 is 14.0 Å². The number of likely N-dealkylation sites (tertiary alicyclic amines) is 1. The average Bonchev–Trinajstić information content (AvgIpc) is 2.63. The second-order valence-electron chi connectivity index (χ2n) is 4.04. The molecule has 6 heteroatoms. The molecule has 94 valence electrons. The van der Waals surface area contributed by atoms with Gasteiger partial charge in [-0.05, 0) is 18.2 Å². The van der Waals surface area contributed by atoms with Crippen molar-refractivity contribution in [3.8, 4) is 0 Å². The molecule has 18 heavy (non-hydrogen) atoms. The van der Waals surface area contributed by atoms with Gasteiger partial charge in [0.05, 0.1) is 6.54 Å². The van der Waals surface area contributed by atoms with Gasteiger partial charge in [-0.2, -0.15) is 0 Å². The zero-order chi connectivity index (χ0) is 13.3. The van der Waals surface area contributed by atoms with E-state index >= 15 is 0 Å². The van der Waals surface area contributed by atoms with Crippen molar-refractivity contribution in [1.82, 2.24) is 4.90 Å². The van der Waals surface area contributed by atoms with Crippen molar-refractivity contribution in [2.24, 2.45) is 5.73 Å². The number of halogens is 1. The van der Waals surface area contributed by atoms with Crippen LogP contribution in [-0.4, -0.2) is 21.7 Å². The summed E-state index contributed by atoms with van der Waals surface area (Å²) in [4.78, 5) is 24.1. The van der Waals surface area contributed by atoms with Gasteiger partial charge in [0.2, 0.25) is 11.8 Å². The molecule has 0 atom stereocenters. The fourth-order valence-electron chi connectivity index (χ4n) is 1.82. The molecule has 0 unspecified atom stereocenters. The number of nitrogens with zero attached hydrogens (tertiary/aromatic N) is 1. The molecule has 1 aliphatic rings. The Bertz CT molecular complexity index is 529. The van der Waals surface area contributed by atoms with Gasteiger partial charge in [-0.25, -0.2) is 4.39 Å². The Labute approximate surface area is 109 Å². The van der Waals surface area contributed by atoms with Crippen LogP contribution in [0, 0.1) is 5.82 Å². The van der Waals surface area contributed by atoms with Crippen molar-refractivity contribution in [1.29, 1.82) is 0 Å². The zero-order valence-electron chi connectivity index (χ0n) is 9.48. The Balaban J connectivity index is 2.28. The molecule has 1 saturated heterocycles. The summed E-state index contributed by atoms with van der Waals surface area (Å²) >= 11 is 4.80. The van der Waals surface area contributed by atoms with Gasteiger partial charge in [0, 0.05) is 24.0 Å². The van der Waals surface area contributed by atoms with Gasteiger partial charge in [-0.3, -0.25) is 14.5 Å². The maximum Gasteiger partial charge on any atom is 0.229 e. The standard InChI is InChI=1S/C12H11FN2O2S/c13-9-2-1-7(12(14)18)5-8(9)6-15-10(16)3-4-11(15)17/h1-2,5H,3-4,6H2,(H2,14,18). The summed E-state index contributed by atoms with van der Waals surface area (Å²) in [7, 11) is 0. The Kier molecular flexibility index (Phi) is 3.38. The van der Waals surface area contributed by atoms with Gasteiger partial charge < -0.3 is 5.73 Å². The van der Waals surface area contributed by atoms with E-state index in [1.54, 1.807) is 0 Å². The molecule has 0 spiro atoms. The second kappa shape index (κ2) is 4.81. The summed E-state index contributed by atoms with van der Waals surface area (Å²) in [5.74, 6) is -1.04. The Hall–Kier alpha value is -1.82. The summed E-state index contributed by atoms with van der Waals surface area (Å²) < 4.78 is 13.6. The van der Waals surface area contributed by atoms with Gasteiger partial charge >= 0.3 is 0 Å². The van der Waals surface area contributed by atoms with Crippen LogP contribution >= 0.6 is 12.2 Å². The van der Waals surface area contributed by atoms with E-state index in [1.165, 1.54) is 18.2 Å². The molecule has 2 N–H and O–H groups in total. The molecule has 4 nitrogen and oxygen atoms in total. The lowest BCUT2D eigenvalue weighted by Gasteiger charge is -2.14. The number of thiocarbonyl (C=S) groups is 1. The molecule has 0 saturated carbocycles. The zero-order valence-corrected chi connectivity index (χ0v) is 10.3. The largest absolute Gasteiger partial charge is 0.389 e. The number of benzene rings is 1. The fraction of sp³-hybridized carbons (Fsp3) is 0.250. The maximum atomic E-state index is 13.6. The quantitative estimate of drug-likeness (QED) is 0.657. The van der Waals surface area contributed by atoms with Crippen molar-refractivity contribution in [2.45, 2.75) is 19.4 Å². The third-order valence-electron chi connectivity index (χ3n) is 2.81. The van der Waals surface area contributed by atoms with Crippen molar-refractivity contribution >= 4 is 29.0 Å². The summed E-state index contributed by atoms with van der Waals surface area (Å²) in [5, 5.41) is 0. The third-order valence-corrected chi connectivity index (χ3v) is 3.05.